The molecular weight excluding hydrogens is 386 g/mol. The van der Waals surface area contributed by atoms with E-state index >= 15 is 0 Å². The van der Waals surface area contributed by atoms with Crippen molar-refractivity contribution in [1.29, 1.82) is 0 Å². The highest BCUT2D eigenvalue weighted by Gasteiger charge is 2.38. The van der Waals surface area contributed by atoms with E-state index in [1.54, 1.807) is 29.9 Å². The van der Waals surface area contributed by atoms with E-state index in [1.165, 1.54) is 10.8 Å². The zero-order chi connectivity index (χ0) is 19.8. The molecule has 0 unspecified atom stereocenters. The number of aliphatic hydroxyl groups is 1. The lowest BCUT2D eigenvalue weighted by molar-refractivity contribution is -0.0323. The van der Waals surface area contributed by atoms with Gasteiger partial charge in [0.05, 0.1) is 18.8 Å². The molecule has 2 N–H and O–H groups in total. The zero-order valence-electron chi connectivity index (χ0n) is 14.9. The van der Waals surface area contributed by atoms with Crippen LogP contribution in [0.5, 0.6) is 0 Å². The Labute approximate surface area is 164 Å². The molecule has 0 radical (unpaired) electrons. The maximum atomic E-state index is 12.2. The molecule has 0 bridgehead atoms. The monoisotopic (exact) mass is 403 g/mol. The fourth-order valence-electron chi connectivity index (χ4n) is 3.32. The molecule has 28 heavy (non-hydrogen) atoms. The van der Waals surface area contributed by atoms with Gasteiger partial charge < -0.3 is 9.84 Å². The molecule has 10 heteroatoms. The number of nitrogens with zero attached hydrogens (tertiary/aromatic N) is 4. The molecule has 1 fully saturated rings. The summed E-state index contributed by atoms with van der Waals surface area (Å²) in [4.78, 5) is 26.0. The molecule has 4 rings (SSSR count). The standard InChI is InChI=1S/C18H18ClN5O4/c1-10-7-23(18(27)20-17(10)26)16-6-14(15(9-25)28-16)24-8-13(21-22-24)11-2-4-12(19)5-3-11/h2-5,7-8,14-16,25H,6,9H2,1H3,(H,20,26,27)/t14-,15+,16+/m0/s1. The molecule has 0 spiro atoms. The molecule has 3 heterocycles. The van der Waals surface area contributed by atoms with E-state index in [4.69, 9.17) is 16.3 Å². The Hall–Kier alpha value is -2.75. The van der Waals surface area contributed by atoms with Gasteiger partial charge in [0, 0.05) is 28.8 Å². The number of aryl methyl sites for hydroxylation is 1. The van der Waals surface area contributed by atoms with Gasteiger partial charge in [-0.05, 0) is 19.1 Å². The van der Waals surface area contributed by atoms with Gasteiger partial charge in [0.1, 0.15) is 18.0 Å². The molecule has 1 saturated heterocycles. The molecule has 1 aliphatic heterocycles. The molecule has 0 aliphatic carbocycles. The number of aromatic nitrogens is 5. The van der Waals surface area contributed by atoms with Crippen molar-refractivity contribution in [2.75, 3.05) is 6.61 Å². The molecule has 1 aromatic carbocycles. The van der Waals surface area contributed by atoms with Gasteiger partial charge in [-0.15, -0.1) is 5.10 Å². The Morgan fingerprint density at radius 2 is 2.04 bits per heavy atom. The number of halogens is 1. The number of nitrogens with one attached hydrogen (secondary N) is 1. The second-order valence-electron chi connectivity index (χ2n) is 6.68. The highest BCUT2D eigenvalue weighted by molar-refractivity contribution is 6.30. The minimum atomic E-state index is -0.631. The van der Waals surface area contributed by atoms with Crippen LogP contribution in [0.15, 0.2) is 46.2 Å². The topological polar surface area (TPSA) is 115 Å². The van der Waals surface area contributed by atoms with Gasteiger partial charge in [-0.2, -0.15) is 0 Å². The Morgan fingerprint density at radius 3 is 2.75 bits per heavy atom. The van der Waals surface area contributed by atoms with Crippen molar-refractivity contribution in [1.82, 2.24) is 24.5 Å². The number of hydrogen-bond donors (Lipinski definition) is 2. The predicted octanol–water partition coefficient (Wildman–Crippen LogP) is 1.28. The van der Waals surface area contributed by atoms with Crippen LogP contribution < -0.4 is 11.2 Å². The minimum absolute atomic E-state index is 0.242. The summed E-state index contributed by atoms with van der Waals surface area (Å²) in [6, 6.07) is 6.91. The maximum Gasteiger partial charge on any atom is 0.330 e. The zero-order valence-corrected chi connectivity index (χ0v) is 15.7. The first-order valence-electron chi connectivity index (χ1n) is 8.72. The van der Waals surface area contributed by atoms with Crippen LogP contribution in [0.3, 0.4) is 0 Å². The summed E-state index contributed by atoms with van der Waals surface area (Å²) in [7, 11) is 0. The molecule has 3 atom stereocenters. The van der Waals surface area contributed by atoms with E-state index in [2.05, 4.69) is 15.3 Å². The molecule has 3 aromatic rings. The number of rotatable bonds is 4. The van der Waals surface area contributed by atoms with E-state index < -0.39 is 23.6 Å². The van der Waals surface area contributed by atoms with Crippen LogP contribution in [-0.4, -0.2) is 42.4 Å². The molecular formula is C18H18ClN5O4. The number of H-pyrrole nitrogens is 1. The number of aromatic amines is 1. The number of ether oxygens (including phenoxy) is 1. The largest absolute Gasteiger partial charge is 0.394 e. The summed E-state index contributed by atoms with van der Waals surface area (Å²) in [5, 5.41) is 18.7. The van der Waals surface area contributed by atoms with Crippen LogP contribution in [0.25, 0.3) is 11.3 Å². The first kappa shape index (κ1) is 18.6. The second kappa shape index (κ2) is 7.34. The third-order valence-corrected chi connectivity index (χ3v) is 5.08. The lowest BCUT2D eigenvalue weighted by Crippen LogP contribution is -2.33. The summed E-state index contributed by atoms with van der Waals surface area (Å²) < 4.78 is 8.82. The van der Waals surface area contributed by atoms with Crippen molar-refractivity contribution >= 4 is 11.6 Å². The third-order valence-electron chi connectivity index (χ3n) is 4.83. The lowest BCUT2D eigenvalue weighted by atomic mass is 10.1. The van der Waals surface area contributed by atoms with Crippen LogP contribution in [0.4, 0.5) is 0 Å². The van der Waals surface area contributed by atoms with Gasteiger partial charge in [-0.3, -0.25) is 14.3 Å². The summed E-state index contributed by atoms with van der Waals surface area (Å²) in [6.07, 6.45) is 2.42. The SMILES string of the molecule is Cc1cn([C@H]2C[C@H](n3cc(-c4ccc(Cl)cc4)nn3)[C@@H](CO)O2)c(=O)[nH]c1=O. The number of aliphatic hydroxyl groups excluding tert-OH is 1. The third kappa shape index (κ3) is 3.39. The van der Waals surface area contributed by atoms with Crippen molar-refractivity contribution in [3.05, 3.63) is 68.1 Å². The van der Waals surface area contributed by atoms with Gasteiger partial charge in [0.2, 0.25) is 0 Å². The first-order chi connectivity index (χ1) is 13.5. The van der Waals surface area contributed by atoms with Gasteiger partial charge in [-0.25, -0.2) is 9.48 Å². The summed E-state index contributed by atoms with van der Waals surface area (Å²) >= 11 is 5.92. The van der Waals surface area contributed by atoms with E-state index in [-0.39, 0.29) is 12.6 Å². The average molecular weight is 404 g/mol. The van der Waals surface area contributed by atoms with Crippen molar-refractivity contribution in [2.45, 2.75) is 31.7 Å². The van der Waals surface area contributed by atoms with Crippen LogP contribution in [0.2, 0.25) is 5.02 Å². The normalized spacial score (nSPS) is 21.9. The summed E-state index contributed by atoms with van der Waals surface area (Å²) in [5.74, 6) is 0. The van der Waals surface area contributed by atoms with Gasteiger partial charge in [-0.1, -0.05) is 28.9 Å². The molecule has 0 amide bonds. The minimum Gasteiger partial charge on any atom is -0.394 e. The molecule has 1 aliphatic rings. The van der Waals surface area contributed by atoms with Crippen molar-refractivity contribution in [3.63, 3.8) is 0 Å². The Kier molecular flexibility index (Phi) is 4.88. The van der Waals surface area contributed by atoms with Gasteiger partial charge in [0.15, 0.2) is 0 Å². The van der Waals surface area contributed by atoms with Gasteiger partial charge in [0.25, 0.3) is 5.56 Å². The summed E-state index contributed by atoms with van der Waals surface area (Å²) in [5.41, 5.74) is 0.933. The van der Waals surface area contributed by atoms with Crippen molar-refractivity contribution in [2.24, 2.45) is 0 Å². The van der Waals surface area contributed by atoms with E-state index in [9.17, 15) is 14.7 Å². The van der Waals surface area contributed by atoms with E-state index in [0.29, 0.717) is 22.7 Å². The Morgan fingerprint density at radius 1 is 1.29 bits per heavy atom. The quantitative estimate of drug-likeness (QED) is 0.678. The molecule has 0 saturated carbocycles. The van der Waals surface area contributed by atoms with Crippen LogP contribution >= 0.6 is 11.6 Å². The Bertz CT molecular complexity index is 1100. The lowest BCUT2D eigenvalue weighted by Gasteiger charge is -2.15. The number of benzene rings is 1. The van der Waals surface area contributed by atoms with Crippen LogP contribution in [-0.2, 0) is 4.74 Å². The number of hydrogen-bond acceptors (Lipinski definition) is 6. The molecule has 9 nitrogen and oxygen atoms in total. The maximum absolute atomic E-state index is 12.2. The van der Waals surface area contributed by atoms with Crippen LogP contribution in [0.1, 0.15) is 24.3 Å². The smallest absolute Gasteiger partial charge is 0.330 e. The van der Waals surface area contributed by atoms with Crippen molar-refractivity contribution < 1.29 is 9.84 Å². The Balaban J connectivity index is 1.62. The van der Waals surface area contributed by atoms with Gasteiger partial charge >= 0.3 is 5.69 Å². The summed E-state index contributed by atoms with van der Waals surface area (Å²) in [6.45, 7) is 1.37. The van der Waals surface area contributed by atoms with E-state index in [0.717, 1.165) is 5.56 Å². The highest BCUT2D eigenvalue weighted by Crippen LogP contribution is 2.36. The average Bonchev–Trinajstić information content (AvgIpc) is 3.32. The molecule has 2 aromatic heterocycles. The fraction of sp³-hybridized carbons (Fsp3) is 0.333. The first-order valence-corrected chi connectivity index (χ1v) is 9.10. The van der Waals surface area contributed by atoms with Crippen molar-refractivity contribution in [3.8, 4) is 11.3 Å². The fourth-order valence-corrected chi connectivity index (χ4v) is 3.45. The highest BCUT2D eigenvalue weighted by atomic mass is 35.5. The predicted molar refractivity (Wildman–Crippen MR) is 101 cm³/mol. The van der Waals surface area contributed by atoms with Crippen LogP contribution in [0, 0.1) is 6.92 Å². The van der Waals surface area contributed by atoms with E-state index in [1.807, 2.05) is 12.1 Å². The molecule has 146 valence electrons. The second-order valence-corrected chi connectivity index (χ2v) is 7.12.